The molecule has 0 unspecified atom stereocenters. The average Bonchev–Trinajstić information content (AvgIpc) is 3.08. The molecule has 8 heteroatoms. The van der Waals surface area contributed by atoms with Gasteiger partial charge in [0.05, 0.1) is 19.8 Å². The summed E-state index contributed by atoms with van der Waals surface area (Å²) >= 11 is 0. The number of amides is 1. The molecule has 1 aromatic carbocycles. The van der Waals surface area contributed by atoms with Crippen molar-refractivity contribution >= 4 is 22.5 Å². The predicted octanol–water partition coefficient (Wildman–Crippen LogP) is 1.86. The van der Waals surface area contributed by atoms with E-state index in [1.807, 2.05) is 24.3 Å². The molecule has 2 aromatic heterocycles. The zero-order valence-corrected chi connectivity index (χ0v) is 14.4. The highest BCUT2D eigenvalue weighted by Gasteiger charge is 2.15. The van der Waals surface area contributed by atoms with Crippen molar-refractivity contribution < 1.29 is 13.9 Å². The number of benzene rings is 1. The SMILES string of the molecule is Cc1nnc(-c2ccc3cnc(NC(=O)CN4CCOCC4)cc3c2)o1. The van der Waals surface area contributed by atoms with Gasteiger partial charge in [0, 0.05) is 37.2 Å². The predicted molar refractivity (Wildman–Crippen MR) is 95.7 cm³/mol. The number of morpholine rings is 1. The van der Waals surface area contributed by atoms with E-state index in [1.165, 1.54) is 0 Å². The van der Waals surface area contributed by atoms with Crippen molar-refractivity contribution in [2.45, 2.75) is 6.92 Å². The molecule has 1 aliphatic heterocycles. The molecule has 1 aliphatic rings. The number of aromatic nitrogens is 3. The van der Waals surface area contributed by atoms with Crippen molar-refractivity contribution in [3.63, 3.8) is 0 Å². The minimum absolute atomic E-state index is 0.0811. The van der Waals surface area contributed by atoms with E-state index in [-0.39, 0.29) is 5.91 Å². The Hall–Kier alpha value is -2.84. The first-order valence-corrected chi connectivity index (χ1v) is 8.48. The zero-order valence-electron chi connectivity index (χ0n) is 14.4. The number of pyridine rings is 1. The summed E-state index contributed by atoms with van der Waals surface area (Å²) in [4.78, 5) is 18.6. The molecule has 3 aromatic rings. The Bertz CT molecular complexity index is 933. The third kappa shape index (κ3) is 3.71. The zero-order chi connectivity index (χ0) is 17.9. The van der Waals surface area contributed by atoms with Crippen LogP contribution in [0, 0.1) is 6.92 Å². The molecule has 3 heterocycles. The summed E-state index contributed by atoms with van der Waals surface area (Å²) in [5.41, 5.74) is 0.829. The van der Waals surface area contributed by atoms with E-state index in [1.54, 1.807) is 13.1 Å². The second-order valence-corrected chi connectivity index (χ2v) is 6.19. The Labute approximate surface area is 150 Å². The van der Waals surface area contributed by atoms with Crippen LogP contribution in [0.15, 0.2) is 34.9 Å². The number of nitrogens with one attached hydrogen (secondary N) is 1. The third-order valence-corrected chi connectivity index (χ3v) is 4.23. The summed E-state index contributed by atoms with van der Waals surface area (Å²) in [6.45, 7) is 4.96. The van der Waals surface area contributed by atoms with Gasteiger partial charge in [-0.2, -0.15) is 0 Å². The molecule has 8 nitrogen and oxygen atoms in total. The number of ether oxygens (including phenoxy) is 1. The van der Waals surface area contributed by atoms with Crippen LogP contribution in [0.25, 0.3) is 22.2 Å². The van der Waals surface area contributed by atoms with Gasteiger partial charge in [0.15, 0.2) is 0 Å². The van der Waals surface area contributed by atoms with Crippen molar-refractivity contribution in [2.75, 3.05) is 38.2 Å². The maximum Gasteiger partial charge on any atom is 0.247 e. The van der Waals surface area contributed by atoms with Gasteiger partial charge in [-0.25, -0.2) is 4.98 Å². The Morgan fingerprint density at radius 3 is 2.81 bits per heavy atom. The number of rotatable bonds is 4. The highest BCUT2D eigenvalue weighted by molar-refractivity contribution is 5.94. The molecule has 1 fully saturated rings. The van der Waals surface area contributed by atoms with E-state index in [4.69, 9.17) is 9.15 Å². The summed E-state index contributed by atoms with van der Waals surface area (Å²) in [5, 5.41) is 12.7. The highest BCUT2D eigenvalue weighted by atomic mass is 16.5. The lowest BCUT2D eigenvalue weighted by Gasteiger charge is -2.25. The molecular formula is C18H19N5O3. The first-order valence-electron chi connectivity index (χ1n) is 8.48. The number of aryl methyl sites for hydroxylation is 1. The van der Waals surface area contributed by atoms with Gasteiger partial charge in [-0.3, -0.25) is 9.69 Å². The molecule has 26 heavy (non-hydrogen) atoms. The second kappa shape index (κ2) is 7.19. The number of hydrogen-bond acceptors (Lipinski definition) is 7. The first-order chi connectivity index (χ1) is 12.7. The van der Waals surface area contributed by atoms with Gasteiger partial charge in [-0.05, 0) is 23.6 Å². The molecule has 4 rings (SSSR count). The normalized spacial score (nSPS) is 15.3. The summed E-state index contributed by atoms with van der Waals surface area (Å²) < 4.78 is 10.8. The first kappa shape index (κ1) is 16.6. The number of carbonyl (C=O) groups excluding carboxylic acids is 1. The van der Waals surface area contributed by atoms with Gasteiger partial charge < -0.3 is 14.5 Å². The topological polar surface area (TPSA) is 93.4 Å². The molecule has 1 amide bonds. The summed E-state index contributed by atoms with van der Waals surface area (Å²) in [5.74, 6) is 1.43. The van der Waals surface area contributed by atoms with Gasteiger partial charge in [0.25, 0.3) is 0 Å². The Kier molecular flexibility index (Phi) is 4.59. The molecule has 134 valence electrons. The molecule has 1 N–H and O–H groups in total. The van der Waals surface area contributed by atoms with Gasteiger partial charge >= 0.3 is 0 Å². The van der Waals surface area contributed by atoms with Gasteiger partial charge in [-0.15, -0.1) is 10.2 Å². The van der Waals surface area contributed by atoms with Gasteiger partial charge in [-0.1, -0.05) is 6.07 Å². The largest absolute Gasteiger partial charge is 0.421 e. The highest BCUT2D eigenvalue weighted by Crippen LogP contribution is 2.24. The van der Waals surface area contributed by atoms with Crippen LogP contribution in [-0.4, -0.2) is 58.8 Å². The number of hydrogen-bond donors (Lipinski definition) is 1. The van der Waals surface area contributed by atoms with E-state index in [9.17, 15) is 4.79 Å². The standard InChI is InChI=1S/C18H19N5O3/c1-12-21-22-18(26-12)13-2-3-14-10-19-16(9-15(14)8-13)20-17(24)11-23-4-6-25-7-5-23/h2-3,8-10H,4-7,11H2,1H3,(H,19,20,24). The van der Waals surface area contributed by atoms with Crippen LogP contribution in [0.4, 0.5) is 5.82 Å². The lowest BCUT2D eigenvalue weighted by molar-refractivity contribution is -0.118. The molecule has 0 bridgehead atoms. The molecule has 1 saturated heterocycles. The molecule has 0 aliphatic carbocycles. The van der Waals surface area contributed by atoms with Gasteiger partial charge in [0.1, 0.15) is 5.82 Å². The maximum atomic E-state index is 12.2. The Balaban J connectivity index is 1.51. The lowest BCUT2D eigenvalue weighted by atomic mass is 10.1. The van der Waals surface area contributed by atoms with Crippen LogP contribution < -0.4 is 5.32 Å². The molecular weight excluding hydrogens is 334 g/mol. The van der Waals surface area contributed by atoms with Gasteiger partial charge in [0.2, 0.25) is 17.7 Å². The van der Waals surface area contributed by atoms with Crippen LogP contribution in [0.1, 0.15) is 5.89 Å². The summed E-state index contributed by atoms with van der Waals surface area (Å²) in [6, 6.07) is 7.64. The fraction of sp³-hybridized carbons (Fsp3) is 0.333. The van der Waals surface area contributed by atoms with Crippen LogP contribution >= 0.6 is 0 Å². The summed E-state index contributed by atoms with van der Waals surface area (Å²) in [6.07, 6.45) is 1.74. The lowest BCUT2D eigenvalue weighted by Crippen LogP contribution is -2.41. The second-order valence-electron chi connectivity index (χ2n) is 6.19. The fourth-order valence-electron chi connectivity index (χ4n) is 2.90. The monoisotopic (exact) mass is 353 g/mol. The minimum atomic E-state index is -0.0811. The molecule has 0 spiro atoms. The average molecular weight is 353 g/mol. The fourth-order valence-corrected chi connectivity index (χ4v) is 2.90. The number of anilines is 1. The minimum Gasteiger partial charge on any atom is -0.421 e. The van der Waals surface area contributed by atoms with Crippen molar-refractivity contribution in [1.82, 2.24) is 20.1 Å². The van der Waals surface area contributed by atoms with Crippen LogP contribution in [0.3, 0.4) is 0 Å². The maximum absolute atomic E-state index is 12.2. The van der Waals surface area contributed by atoms with Crippen molar-refractivity contribution in [3.8, 4) is 11.5 Å². The third-order valence-electron chi connectivity index (χ3n) is 4.23. The van der Waals surface area contributed by atoms with Crippen molar-refractivity contribution in [1.29, 1.82) is 0 Å². The van der Waals surface area contributed by atoms with E-state index < -0.39 is 0 Å². The van der Waals surface area contributed by atoms with E-state index in [2.05, 4.69) is 25.4 Å². The van der Waals surface area contributed by atoms with Crippen molar-refractivity contribution in [3.05, 3.63) is 36.4 Å². The molecule has 0 saturated carbocycles. The van der Waals surface area contributed by atoms with Crippen LogP contribution in [-0.2, 0) is 9.53 Å². The quantitative estimate of drug-likeness (QED) is 0.765. The number of nitrogens with zero attached hydrogens (tertiary/aromatic N) is 4. The van der Waals surface area contributed by atoms with Crippen LogP contribution in [0.5, 0.6) is 0 Å². The number of carbonyl (C=O) groups is 1. The Morgan fingerprint density at radius 1 is 1.19 bits per heavy atom. The molecule has 0 radical (unpaired) electrons. The van der Waals surface area contributed by atoms with Crippen LogP contribution in [0.2, 0.25) is 0 Å². The smallest absolute Gasteiger partial charge is 0.247 e. The van der Waals surface area contributed by atoms with E-state index in [0.717, 1.165) is 29.4 Å². The number of fused-ring (bicyclic) bond motifs is 1. The van der Waals surface area contributed by atoms with E-state index in [0.29, 0.717) is 37.4 Å². The summed E-state index contributed by atoms with van der Waals surface area (Å²) in [7, 11) is 0. The van der Waals surface area contributed by atoms with E-state index >= 15 is 0 Å². The molecule has 0 atom stereocenters. The Morgan fingerprint density at radius 2 is 2.04 bits per heavy atom. The van der Waals surface area contributed by atoms with Crippen molar-refractivity contribution in [2.24, 2.45) is 0 Å².